The number of hydrogen-bond donors (Lipinski definition) is 0. The molecule has 1 saturated carbocycles. The maximum absolute atomic E-state index is 12.8. The van der Waals surface area contributed by atoms with Gasteiger partial charge in [0.1, 0.15) is 6.10 Å². The second-order valence-corrected chi connectivity index (χ2v) is 8.00. The number of rotatable bonds is 2. The second-order valence-electron chi connectivity index (χ2n) is 8.00. The maximum Gasteiger partial charge on any atom is 0.338 e. The van der Waals surface area contributed by atoms with Crippen molar-refractivity contribution in [2.45, 2.75) is 58.0 Å². The van der Waals surface area contributed by atoms with Crippen LogP contribution >= 0.6 is 0 Å². The fourth-order valence-electron chi connectivity index (χ4n) is 5.03. The topological polar surface area (TPSA) is 26.3 Å². The highest BCUT2D eigenvalue weighted by molar-refractivity contribution is 5.89. The van der Waals surface area contributed by atoms with Gasteiger partial charge in [-0.25, -0.2) is 4.79 Å². The Balaban J connectivity index is 1.62. The van der Waals surface area contributed by atoms with E-state index in [1.54, 1.807) is 0 Å². The molecule has 4 atom stereocenters. The Morgan fingerprint density at radius 3 is 2.60 bits per heavy atom. The number of esters is 1. The summed E-state index contributed by atoms with van der Waals surface area (Å²) in [5.41, 5.74) is 3.59. The van der Waals surface area contributed by atoms with E-state index in [1.807, 2.05) is 30.3 Å². The fraction of sp³-hybridized carbons (Fsp3) is 0.522. The molecule has 132 valence electrons. The summed E-state index contributed by atoms with van der Waals surface area (Å²) in [6, 6.07) is 9.48. The molecule has 0 radical (unpaired) electrons. The molecular formula is C23H28O2. The molecule has 3 aliphatic rings. The van der Waals surface area contributed by atoms with Crippen LogP contribution < -0.4 is 0 Å². The van der Waals surface area contributed by atoms with Gasteiger partial charge in [0.15, 0.2) is 0 Å². The van der Waals surface area contributed by atoms with Crippen molar-refractivity contribution in [1.29, 1.82) is 0 Å². The Morgan fingerprint density at radius 2 is 1.76 bits per heavy atom. The van der Waals surface area contributed by atoms with Crippen LogP contribution in [0.15, 0.2) is 53.6 Å². The van der Waals surface area contributed by atoms with E-state index in [4.69, 9.17) is 4.74 Å². The van der Waals surface area contributed by atoms with Crippen LogP contribution in [0, 0.1) is 17.8 Å². The molecule has 0 saturated heterocycles. The first kappa shape index (κ1) is 16.6. The van der Waals surface area contributed by atoms with Gasteiger partial charge in [0.2, 0.25) is 0 Å². The standard InChI is InChI=1S/C23H28O2/c1-16-11-12-20-15-19(16)14-13-17-7-5-6-10-21(17)22(20)25-23(24)18-8-3-2-4-9-18/h2-4,8-9,11,14,17,20-22H,5-7,10,12-13,15H2,1H3/b19-14+/t17?,20-,21+,22+/m0/s1. The summed E-state index contributed by atoms with van der Waals surface area (Å²) in [4.78, 5) is 12.8. The largest absolute Gasteiger partial charge is 0.458 e. The lowest BCUT2D eigenvalue weighted by atomic mass is 9.67. The highest BCUT2D eigenvalue weighted by Gasteiger charge is 2.40. The van der Waals surface area contributed by atoms with Crippen LogP contribution in [0.1, 0.15) is 62.2 Å². The van der Waals surface area contributed by atoms with Crippen molar-refractivity contribution in [1.82, 2.24) is 0 Å². The summed E-state index contributed by atoms with van der Waals surface area (Å²) in [5.74, 6) is 1.49. The summed E-state index contributed by atoms with van der Waals surface area (Å²) in [6.07, 6.45) is 13.2. The Hall–Kier alpha value is -1.83. The lowest BCUT2D eigenvalue weighted by Gasteiger charge is -2.43. The van der Waals surface area contributed by atoms with Crippen LogP contribution in [-0.4, -0.2) is 12.1 Å². The predicted octanol–water partition coefficient (Wildman–Crippen LogP) is 5.70. The molecule has 1 unspecified atom stereocenters. The summed E-state index contributed by atoms with van der Waals surface area (Å²) < 4.78 is 6.21. The third kappa shape index (κ3) is 3.44. The van der Waals surface area contributed by atoms with Gasteiger partial charge in [-0.2, -0.15) is 0 Å². The second kappa shape index (κ2) is 7.19. The molecule has 2 nitrogen and oxygen atoms in total. The molecule has 2 heteroatoms. The van der Waals surface area contributed by atoms with Crippen molar-refractivity contribution < 1.29 is 9.53 Å². The van der Waals surface area contributed by atoms with Crippen LogP contribution in [0.5, 0.6) is 0 Å². The fourth-order valence-corrected chi connectivity index (χ4v) is 5.03. The molecule has 0 spiro atoms. The molecule has 3 aliphatic carbocycles. The Kier molecular flexibility index (Phi) is 4.78. The quantitative estimate of drug-likeness (QED) is 0.647. The van der Waals surface area contributed by atoms with E-state index >= 15 is 0 Å². The molecule has 1 aromatic carbocycles. The van der Waals surface area contributed by atoms with Crippen molar-refractivity contribution in [3.05, 3.63) is 59.2 Å². The summed E-state index contributed by atoms with van der Waals surface area (Å²) in [5, 5.41) is 0. The van der Waals surface area contributed by atoms with Gasteiger partial charge in [-0.15, -0.1) is 0 Å². The molecule has 2 bridgehead atoms. The van der Waals surface area contributed by atoms with E-state index in [9.17, 15) is 4.79 Å². The molecule has 1 aromatic rings. The number of carbonyl (C=O) groups excluding carboxylic acids is 1. The van der Waals surface area contributed by atoms with Gasteiger partial charge in [0.05, 0.1) is 5.56 Å². The molecule has 1 fully saturated rings. The zero-order valence-electron chi connectivity index (χ0n) is 15.1. The Bertz CT molecular complexity index is 685. The normalized spacial score (nSPS) is 33.8. The minimum atomic E-state index is -0.146. The van der Waals surface area contributed by atoms with Crippen LogP contribution in [0.2, 0.25) is 0 Å². The first-order valence-electron chi connectivity index (χ1n) is 9.84. The molecule has 25 heavy (non-hydrogen) atoms. The van der Waals surface area contributed by atoms with E-state index in [0.29, 0.717) is 23.3 Å². The van der Waals surface area contributed by atoms with Gasteiger partial charge in [-0.3, -0.25) is 0 Å². The van der Waals surface area contributed by atoms with Gasteiger partial charge in [0, 0.05) is 5.92 Å². The highest BCUT2D eigenvalue weighted by Crippen LogP contribution is 2.45. The number of hydrogen-bond acceptors (Lipinski definition) is 2. The van der Waals surface area contributed by atoms with Crippen molar-refractivity contribution in [2.75, 3.05) is 0 Å². The summed E-state index contributed by atoms with van der Waals surface area (Å²) in [6.45, 7) is 2.23. The molecular weight excluding hydrogens is 308 g/mol. The molecule has 0 heterocycles. The van der Waals surface area contributed by atoms with Gasteiger partial charge in [-0.1, -0.05) is 48.8 Å². The van der Waals surface area contributed by atoms with Crippen LogP contribution in [0.25, 0.3) is 0 Å². The molecule has 0 amide bonds. The lowest BCUT2D eigenvalue weighted by molar-refractivity contribution is -0.0319. The summed E-state index contributed by atoms with van der Waals surface area (Å²) in [7, 11) is 0. The predicted molar refractivity (Wildman–Crippen MR) is 100 cm³/mol. The number of fused-ring (bicyclic) bond motifs is 3. The number of ether oxygens (including phenoxy) is 1. The first-order chi connectivity index (χ1) is 12.2. The summed E-state index contributed by atoms with van der Waals surface area (Å²) >= 11 is 0. The third-order valence-electron chi connectivity index (χ3n) is 6.49. The Labute approximate surface area is 151 Å². The zero-order chi connectivity index (χ0) is 17.2. The number of allylic oxidation sites excluding steroid dienone is 4. The van der Waals surface area contributed by atoms with Gasteiger partial charge >= 0.3 is 5.97 Å². The zero-order valence-corrected chi connectivity index (χ0v) is 15.1. The Morgan fingerprint density at radius 1 is 1.00 bits per heavy atom. The minimum absolute atomic E-state index is 0.0612. The van der Waals surface area contributed by atoms with Crippen LogP contribution in [-0.2, 0) is 4.74 Å². The first-order valence-corrected chi connectivity index (χ1v) is 9.84. The minimum Gasteiger partial charge on any atom is -0.458 e. The van der Waals surface area contributed by atoms with Crippen molar-refractivity contribution in [3.63, 3.8) is 0 Å². The molecule has 0 aliphatic heterocycles. The molecule has 0 aromatic heterocycles. The van der Waals surface area contributed by atoms with Crippen molar-refractivity contribution in [3.8, 4) is 0 Å². The van der Waals surface area contributed by atoms with E-state index in [1.165, 1.54) is 36.8 Å². The third-order valence-corrected chi connectivity index (χ3v) is 6.49. The SMILES string of the molecule is CC1=CC[C@H]2C/C1=C\CC1CCCC[C@H]1[C@@H]2OC(=O)c1ccccc1. The van der Waals surface area contributed by atoms with Gasteiger partial charge in [0.25, 0.3) is 0 Å². The number of carbonyl (C=O) groups is 1. The lowest BCUT2D eigenvalue weighted by Crippen LogP contribution is -2.41. The van der Waals surface area contributed by atoms with Crippen molar-refractivity contribution in [2.24, 2.45) is 17.8 Å². The monoisotopic (exact) mass is 336 g/mol. The average Bonchev–Trinajstić information content (AvgIpc) is 2.65. The van der Waals surface area contributed by atoms with Crippen molar-refractivity contribution >= 4 is 5.97 Å². The van der Waals surface area contributed by atoms with E-state index in [-0.39, 0.29) is 12.1 Å². The van der Waals surface area contributed by atoms with E-state index < -0.39 is 0 Å². The average molecular weight is 336 g/mol. The van der Waals surface area contributed by atoms with E-state index in [0.717, 1.165) is 19.3 Å². The van der Waals surface area contributed by atoms with E-state index in [2.05, 4.69) is 19.1 Å². The smallest absolute Gasteiger partial charge is 0.338 e. The molecule has 0 N–H and O–H groups in total. The van der Waals surface area contributed by atoms with Gasteiger partial charge in [-0.05, 0) is 68.6 Å². The van der Waals surface area contributed by atoms with Gasteiger partial charge < -0.3 is 4.74 Å². The maximum atomic E-state index is 12.8. The van der Waals surface area contributed by atoms with Crippen LogP contribution in [0.4, 0.5) is 0 Å². The highest BCUT2D eigenvalue weighted by atomic mass is 16.5. The molecule has 4 rings (SSSR count). The van der Waals surface area contributed by atoms with Crippen LogP contribution in [0.3, 0.4) is 0 Å². The number of benzene rings is 1.